The van der Waals surface area contributed by atoms with E-state index in [9.17, 15) is 9.59 Å². The molecule has 0 saturated carbocycles. The molecule has 0 bridgehead atoms. The van der Waals surface area contributed by atoms with E-state index in [1.807, 2.05) is 49.8 Å². The molecule has 0 radical (unpaired) electrons. The molecule has 0 aliphatic carbocycles. The predicted octanol–water partition coefficient (Wildman–Crippen LogP) is 3.43. The molecular formula is C21H24N4O3S2. The van der Waals surface area contributed by atoms with E-state index in [0.717, 1.165) is 11.3 Å². The van der Waals surface area contributed by atoms with Crippen molar-refractivity contribution in [3.63, 3.8) is 0 Å². The highest BCUT2D eigenvalue weighted by Crippen LogP contribution is 2.21. The van der Waals surface area contributed by atoms with Crippen LogP contribution in [0.2, 0.25) is 0 Å². The second kappa shape index (κ2) is 10.3. The summed E-state index contributed by atoms with van der Waals surface area (Å²) in [4.78, 5) is 31.5. The Morgan fingerprint density at radius 1 is 1.17 bits per heavy atom. The van der Waals surface area contributed by atoms with Gasteiger partial charge >= 0.3 is 0 Å². The number of benzene rings is 1. The van der Waals surface area contributed by atoms with E-state index in [0.29, 0.717) is 22.2 Å². The summed E-state index contributed by atoms with van der Waals surface area (Å²) in [5.74, 6) is 0.492. The van der Waals surface area contributed by atoms with E-state index >= 15 is 0 Å². The highest BCUT2D eigenvalue weighted by molar-refractivity contribution is 7.14. The van der Waals surface area contributed by atoms with Gasteiger partial charge in [0, 0.05) is 11.9 Å². The quantitative estimate of drug-likeness (QED) is 0.528. The molecule has 30 heavy (non-hydrogen) atoms. The minimum atomic E-state index is -0.191. The predicted molar refractivity (Wildman–Crippen MR) is 121 cm³/mol. The van der Waals surface area contributed by atoms with Gasteiger partial charge in [-0.15, -0.1) is 22.7 Å². The number of nitrogens with one attached hydrogen (secondary N) is 2. The maximum absolute atomic E-state index is 12.4. The van der Waals surface area contributed by atoms with Crippen molar-refractivity contribution in [2.24, 2.45) is 0 Å². The summed E-state index contributed by atoms with van der Waals surface area (Å²) in [5, 5.41) is 9.86. The van der Waals surface area contributed by atoms with E-state index in [1.54, 1.807) is 18.6 Å². The minimum Gasteiger partial charge on any atom is -0.497 e. The summed E-state index contributed by atoms with van der Waals surface area (Å²) in [7, 11) is 5.59. The lowest BCUT2D eigenvalue weighted by atomic mass is 10.1. The molecule has 1 atom stereocenters. The van der Waals surface area contributed by atoms with Crippen LogP contribution < -0.4 is 15.4 Å². The minimum absolute atomic E-state index is 0.0379. The van der Waals surface area contributed by atoms with E-state index in [-0.39, 0.29) is 24.3 Å². The summed E-state index contributed by atoms with van der Waals surface area (Å²) < 4.78 is 5.21. The first-order valence-corrected chi connectivity index (χ1v) is 11.1. The van der Waals surface area contributed by atoms with Gasteiger partial charge in [-0.3, -0.25) is 14.9 Å². The number of thiophene rings is 1. The number of methoxy groups -OCH3 is 1. The van der Waals surface area contributed by atoms with E-state index in [4.69, 9.17) is 4.74 Å². The lowest BCUT2D eigenvalue weighted by Gasteiger charge is -2.25. The maximum atomic E-state index is 12.4. The van der Waals surface area contributed by atoms with Crippen molar-refractivity contribution in [3.05, 3.63) is 63.3 Å². The van der Waals surface area contributed by atoms with Crippen LogP contribution in [0.15, 0.2) is 47.2 Å². The Morgan fingerprint density at radius 3 is 2.57 bits per heavy atom. The van der Waals surface area contributed by atoms with Gasteiger partial charge in [0.15, 0.2) is 5.13 Å². The van der Waals surface area contributed by atoms with Crippen LogP contribution in [0.5, 0.6) is 5.75 Å². The lowest BCUT2D eigenvalue weighted by Crippen LogP contribution is -2.35. The molecular weight excluding hydrogens is 420 g/mol. The number of nitrogens with zero attached hydrogens (tertiary/aromatic N) is 2. The van der Waals surface area contributed by atoms with Crippen molar-refractivity contribution in [2.75, 3.05) is 33.1 Å². The summed E-state index contributed by atoms with van der Waals surface area (Å²) >= 11 is 2.68. The fourth-order valence-electron chi connectivity index (χ4n) is 2.87. The van der Waals surface area contributed by atoms with Gasteiger partial charge in [-0.25, -0.2) is 4.98 Å². The zero-order valence-corrected chi connectivity index (χ0v) is 18.7. The van der Waals surface area contributed by atoms with E-state index in [1.165, 1.54) is 22.7 Å². The number of thiazole rings is 1. The van der Waals surface area contributed by atoms with Gasteiger partial charge in [-0.05, 0) is 43.2 Å². The Morgan fingerprint density at radius 2 is 1.93 bits per heavy atom. The first-order chi connectivity index (χ1) is 14.5. The van der Waals surface area contributed by atoms with E-state index < -0.39 is 0 Å². The van der Waals surface area contributed by atoms with Crippen molar-refractivity contribution >= 4 is 39.6 Å². The maximum Gasteiger partial charge on any atom is 0.267 e. The second-order valence-electron chi connectivity index (χ2n) is 6.81. The number of aromatic nitrogens is 1. The number of carbonyl (C=O) groups excluding carboxylic acids is 2. The molecule has 0 aliphatic heterocycles. The van der Waals surface area contributed by atoms with Crippen LogP contribution in [0.1, 0.15) is 27.0 Å². The zero-order valence-electron chi connectivity index (χ0n) is 17.0. The first kappa shape index (κ1) is 21.9. The van der Waals surface area contributed by atoms with Gasteiger partial charge in [0.1, 0.15) is 5.75 Å². The summed E-state index contributed by atoms with van der Waals surface area (Å²) in [6.07, 6.45) is 0.161. The average Bonchev–Trinajstić information content (AvgIpc) is 3.41. The van der Waals surface area contributed by atoms with Crippen LogP contribution >= 0.6 is 22.7 Å². The van der Waals surface area contributed by atoms with Crippen molar-refractivity contribution < 1.29 is 14.3 Å². The highest BCUT2D eigenvalue weighted by Gasteiger charge is 2.17. The molecule has 2 heterocycles. The van der Waals surface area contributed by atoms with Crippen LogP contribution in [-0.4, -0.2) is 49.4 Å². The van der Waals surface area contributed by atoms with Crippen LogP contribution in [0, 0.1) is 0 Å². The second-order valence-corrected chi connectivity index (χ2v) is 8.61. The number of hydrogen-bond acceptors (Lipinski definition) is 7. The van der Waals surface area contributed by atoms with Gasteiger partial charge in [0.2, 0.25) is 5.91 Å². The molecule has 1 aromatic carbocycles. The molecule has 2 N–H and O–H groups in total. The van der Waals surface area contributed by atoms with Crippen molar-refractivity contribution in [1.29, 1.82) is 0 Å². The molecule has 9 heteroatoms. The third-order valence-electron chi connectivity index (χ3n) is 4.48. The van der Waals surface area contributed by atoms with Gasteiger partial charge < -0.3 is 15.0 Å². The number of hydrogen-bond donors (Lipinski definition) is 2. The van der Waals surface area contributed by atoms with E-state index in [2.05, 4.69) is 20.5 Å². The topological polar surface area (TPSA) is 83.6 Å². The monoisotopic (exact) mass is 444 g/mol. The normalized spacial score (nSPS) is 11.9. The largest absolute Gasteiger partial charge is 0.497 e. The summed E-state index contributed by atoms with van der Waals surface area (Å²) in [5.41, 5.74) is 1.72. The number of anilines is 1. The van der Waals surface area contributed by atoms with Crippen molar-refractivity contribution in [3.8, 4) is 5.75 Å². The number of amides is 2. The van der Waals surface area contributed by atoms with Crippen LogP contribution in [0.3, 0.4) is 0 Å². The number of likely N-dealkylation sites (N-methyl/N-ethyl adjacent to an activating group) is 1. The number of carbonyl (C=O) groups is 2. The Kier molecular flexibility index (Phi) is 7.56. The van der Waals surface area contributed by atoms with Crippen molar-refractivity contribution in [1.82, 2.24) is 15.2 Å². The SMILES string of the molecule is COc1ccc(C(CNC(=O)Cc2csc(NC(=O)c3cccs3)n2)N(C)C)cc1. The smallest absolute Gasteiger partial charge is 0.267 e. The summed E-state index contributed by atoms with van der Waals surface area (Å²) in [6.45, 7) is 0.476. The van der Waals surface area contributed by atoms with Crippen LogP contribution in [0.25, 0.3) is 0 Å². The fraction of sp³-hybridized carbons (Fsp3) is 0.286. The average molecular weight is 445 g/mol. The van der Waals surface area contributed by atoms with Crippen LogP contribution in [-0.2, 0) is 11.2 Å². The molecule has 2 aromatic heterocycles. The molecule has 0 aliphatic rings. The Hall–Kier alpha value is -2.75. The molecule has 7 nitrogen and oxygen atoms in total. The van der Waals surface area contributed by atoms with Gasteiger partial charge in [-0.1, -0.05) is 18.2 Å². The third-order valence-corrected chi connectivity index (χ3v) is 6.15. The molecule has 0 spiro atoms. The third kappa shape index (κ3) is 5.88. The summed E-state index contributed by atoms with van der Waals surface area (Å²) in [6, 6.07) is 11.4. The van der Waals surface area contributed by atoms with Gasteiger partial charge in [0.05, 0.1) is 30.1 Å². The molecule has 3 aromatic rings. The molecule has 2 amide bonds. The lowest BCUT2D eigenvalue weighted by molar-refractivity contribution is -0.120. The Labute approximate surface area is 183 Å². The van der Waals surface area contributed by atoms with Gasteiger partial charge in [0.25, 0.3) is 5.91 Å². The number of rotatable bonds is 9. The standard InChI is InChI=1S/C21H24N4O3S2/c1-25(2)17(14-6-8-16(28-3)9-7-14)12-22-19(26)11-15-13-30-21(23-15)24-20(27)18-5-4-10-29-18/h4-10,13,17H,11-12H2,1-3H3,(H,22,26)(H,23,24,27). The number of ether oxygens (including phenoxy) is 1. The van der Waals surface area contributed by atoms with Crippen LogP contribution in [0.4, 0.5) is 5.13 Å². The molecule has 0 saturated heterocycles. The Bertz CT molecular complexity index is 969. The zero-order chi connectivity index (χ0) is 21.5. The molecule has 3 rings (SSSR count). The highest BCUT2D eigenvalue weighted by atomic mass is 32.1. The molecule has 0 fully saturated rings. The van der Waals surface area contributed by atoms with Gasteiger partial charge in [-0.2, -0.15) is 0 Å². The Balaban J connectivity index is 1.53. The fourth-order valence-corrected chi connectivity index (χ4v) is 4.20. The first-order valence-electron chi connectivity index (χ1n) is 9.32. The molecule has 158 valence electrons. The van der Waals surface area contributed by atoms with Crippen molar-refractivity contribution in [2.45, 2.75) is 12.5 Å². The molecule has 1 unspecified atom stereocenters.